The maximum atomic E-state index is 12.4. The number of carbonyl (C=O) groups excluding carboxylic acids is 3. The zero-order valence-corrected chi connectivity index (χ0v) is 15.3. The van der Waals surface area contributed by atoms with Crippen molar-refractivity contribution in [2.45, 2.75) is 33.4 Å². The fraction of sp³-hybridized carbons (Fsp3) is 0.353. The highest BCUT2D eigenvalue weighted by atomic mass is 32.1. The van der Waals surface area contributed by atoms with Crippen LogP contribution in [0.4, 0.5) is 4.79 Å². The van der Waals surface area contributed by atoms with Crippen LogP contribution in [0.5, 0.6) is 0 Å². The average Bonchev–Trinajstić information content (AvgIpc) is 3.18. The molecule has 25 heavy (non-hydrogen) atoms. The maximum absolute atomic E-state index is 12.4. The Labute approximate surface area is 149 Å². The molecule has 0 saturated carbocycles. The lowest BCUT2D eigenvalue weighted by molar-refractivity contribution is -0.128. The Bertz CT molecular complexity index is 779. The molecule has 2 rings (SSSR count). The molecule has 0 aliphatic rings. The first-order valence-corrected chi connectivity index (χ1v) is 8.50. The van der Waals surface area contributed by atoms with E-state index < -0.39 is 24.1 Å². The second kappa shape index (κ2) is 7.98. The summed E-state index contributed by atoms with van der Waals surface area (Å²) in [5.74, 6) is -1.36. The summed E-state index contributed by atoms with van der Waals surface area (Å²) in [7, 11) is 1.14. The van der Waals surface area contributed by atoms with Gasteiger partial charge in [0.1, 0.15) is 0 Å². The number of esters is 1. The SMILES string of the molecule is COC(=O)NC(=O)[C@H](C)OC(=O)c1cc(C)n(Cc2cccs2)c1C. The summed E-state index contributed by atoms with van der Waals surface area (Å²) in [6.45, 7) is 5.79. The van der Waals surface area contributed by atoms with Gasteiger partial charge in [0.25, 0.3) is 5.91 Å². The molecule has 0 fully saturated rings. The number of carbonyl (C=O) groups is 3. The molecule has 7 nitrogen and oxygen atoms in total. The van der Waals surface area contributed by atoms with Gasteiger partial charge in [-0.25, -0.2) is 9.59 Å². The summed E-state index contributed by atoms with van der Waals surface area (Å²) in [5.41, 5.74) is 2.08. The van der Waals surface area contributed by atoms with Gasteiger partial charge in [0.05, 0.1) is 19.2 Å². The van der Waals surface area contributed by atoms with Crippen molar-refractivity contribution in [3.63, 3.8) is 0 Å². The molecule has 2 amide bonds. The van der Waals surface area contributed by atoms with E-state index in [0.717, 1.165) is 18.5 Å². The molecule has 0 unspecified atom stereocenters. The fourth-order valence-corrected chi connectivity index (χ4v) is 3.03. The molecule has 0 bridgehead atoms. The number of imide groups is 1. The summed E-state index contributed by atoms with van der Waals surface area (Å²) in [5, 5.41) is 3.97. The molecule has 0 aliphatic carbocycles. The molecule has 2 aromatic heterocycles. The lowest BCUT2D eigenvalue weighted by Gasteiger charge is -2.12. The van der Waals surface area contributed by atoms with Crippen molar-refractivity contribution >= 4 is 29.3 Å². The van der Waals surface area contributed by atoms with Crippen molar-refractivity contribution in [1.82, 2.24) is 9.88 Å². The van der Waals surface area contributed by atoms with Crippen molar-refractivity contribution in [2.75, 3.05) is 7.11 Å². The first-order valence-electron chi connectivity index (χ1n) is 7.62. The van der Waals surface area contributed by atoms with Crippen molar-refractivity contribution in [1.29, 1.82) is 0 Å². The lowest BCUT2D eigenvalue weighted by Crippen LogP contribution is -2.39. The van der Waals surface area contributed by atoms with Crippen molar-refractivity contribution < 1.29 is 23.9 Å². The summed E-state index contributed by atoms with van der Waals surface area (Å²) >= 11 is 1.64. The number of thiophene rings is 1. The van der Waals surface area contributed by atoms with Crippen LogP contribution in [0.15, 0.2) is 23.6 Å². The maximum Gasteiger partial charge on any atom is 0.413 e. The quantitative estimate of drug-likeness (QED) is 0.824. The first-order chi connectivity index (χ1) is 11.8. The molecule has 0 aliphatic heterocycles. The number of ether oxygens (including phenoxy) is 2. The Morgan fingerprint density at radius 1 is 1.32 bits per heavy atom. The third-order valence-corrected chi connectivity index (χ3v) is 4.61. The van der Waals surface area contributed by atoms with E-state index in [2.05, 4.69) is 4.74 Å². The zero-order valence-electron chi connectivity index (χ0n) is 14.5. The standard InChI is InChI=1S/C17H20N2O5S/c1-10-8-14(11(2)19(10)9-13-6-5-7-25-13)16(21)24-12(3)15(20)18-17(22)23-4/h5-8,12H,9H2,1-4H3,(H,18,20,22)/t12-/m0/s1. The molecule has 0 aromatic carbocycles. The van der Waals surface area contributed by atoms with E-state index >= 15 is 0 Å². The van der Waals surface area contributed by atoms with Crippen LogP contribution in [-0.2, 0) is 20.8 Å². The second-order valence-corrected chi connectivity index (χ2v) is 6.51. The van der Waals surface area contributed by atoms with Gasteiger partial charge >= 0.3 is 12.1 Å². The van der Waals surface area contributed by atoms with Gasteiger partial charge < -0.3 is 14.0 Å². The average molecular weight is 364 g/mol. The largest absolute Gasteiger partial charge is 0.453 e. The topological polar surface area (TPSA) is 86.6 Å². The van der Waals surface area contributed by atoms with Crippen LogP contribution in [0.25, 0.3) is 0 Å². The van der Waals surface area contributed by atoms with Crippen LogP contribution in [0.2, 0.25) is 0 Å². The number of aryl methyl sites for hydroxylation is 1. The highest BCUT2D eigenvalue weighted by molar-refractivity contribution is 7.09. The van der Waals surface area contributed by atoms with Crippen LogP contribution >= 0.6 is 11.3 Å². The molecule has 1 N–H and O–H groups in total. The molecule has 134 valence electrons. The highest BCUT2D eigenvalue weighted by Crippen LogP contribution is 2.20. The number of nitrogens with zero attached hydrogens (tertiary/aromatic N) is 1. The third-order valence-electron chi connectivity index (χ3n) is 3.75. The Kier molecular flexibility index (Phi) is 5.97. The third kappa shape index (κ3) is 4.48. The number of hydrogen-bond donors (Lipinski definition) is 1. The number of amides is 2. The van der Waals surface area contributed by atoms with Crippen LogP contribution < -0.4 is 5.32 Å². The molecule has 2 heterocycles. The van der Waals surface area contributed by atoms with Gasteiger partial charge in [0, 0.05) is 16.3 Å². The fourth-order valence-electron chi connectivity index (χ4n) is 2.34. The van der Waals surface area contributed by atoms with Crippen LogP contribution in [0, 0.1) is 13.8 Å². The van der Waals surface area contributed by atoms with E-state index in [1.165, 1.54) is 11.8 Å². The summed E-state index contributed by atoms with van der Waals surface area (Å²) in [6, 6.07) is 5.74. The van der Waals surface area contributed by atoms with E-state index in [0.29, 0.717) is 12.1 Å². The van der Waals surface area contributed by atoms with Gasteiger partial charge in [-0.15, -0.1) is 11.3 Å². The summed E-state index contributed by atoms with van der Waals surface area (Å²) in [4.78, 5) is 36.3. The predicted molar refractivity (Wildman–Crippen MR) is 92.8 cm³/mol. The van der Waals surface area contributed by atoms with Gasteiger partial charge in [-0.05, 0) is 38.3 Å². The highest BCUT2D eigenvalue weighted by Gasteiger charge is 2.24. The monoisotopic (exact) mass is 364 g/mol. The summed E-state index contributed by atoms with van der Waals surface area (Å²) in [6.07, 6.45) is -2.02. The van der Waals surface area contributed by atoms with Crippen molar-refractivity contribution in [3.8, 4) is 0 Å². The molecule has 0 spiro atoms. The second-order valence-electron chi connectivity index (χ2n) is 5.48. The molecular weight excluding hydrogens is 344 g/mol. The number of hydrogen-bond acceptors (Lipinski definition) is 6. The van der Waals surface area contributed by atoms with Crippen LogP contribution in [0.3, 0.4) is 0 Å². The van der Waals surface area contributed by atoms with E-state index in [9.17, 15) is 14.4 Å². The molecule has 0 saturated heterocycles. The molecule has 1 atom stereocenters. The minimum Gasteiger partial charge on any atom is -0.453 e. The number of rotatable bonds is 5. The van der Waals surface area contributed by atoms with Crippen LogP contribution in [0.1, 0.15) is 33.5 Å². The molecule has 2 aromatic rings. The van der Waals surface area contributed by atoms with Gasteiger partial charge in [-0.1, -0.05) is 6.07 Å². The van der Waals surface area contributed by atoms with E-state index in [-0.39, 0.29) is 0 Å². The minimum absolute atomic E-state index is 0.395. The van der Waals surface area contributed by atoms with Crippen LogP contribution in [-0.4, -0.2) is 35.8 Å². The van der Waals surface area contributed by atoms with E-state index in [1.54, 1.807) is 17.4 Å². The number of alkyl carbamates (subject to hydrolysis) is 1. The Morgan fingerprint density at radius 2 is 2.04 bits per heavy atom. The van der Waals surface area contributed by atoms with Gasteiger partial charge in [0.2, 0.25) is 0 Å². The minimum atomic E-state index is -1.12. The summed E-state index contributed by atoms with van der Waals surface area (Å²) < 4.78 is 11.5. The van der Waals surface area contributed by atoms with E-state index in [1.807, 2.05) is 41.2 Å². The lowest BCUT2D eigenvalue weighted by atomic mass is 10.2. The van der Waals surface area contributed by atoms with Gasteiger partial charge in [0.15, 0.2) is 6.10 Å². The Hall–Kier alpha value is -2.61. The Morgan fingerprint density at radius 3 is 2.64 bits per heavy atom. The molecular formula is C17H20N2O5S. The smallest absolute Gasteiger partial charge is 0.413 e. The molecule has 0 radical (unpaired) electrons. The van der Waals surface area contributed by atoms with Gasteiger partial charge in [-0.2, -0.15) is 0 Å². The first kappa shape index (κ1) is 18.7. The zero-order chi connectivity index (χ0) is 18.6. The van der Waals surface area contributed by atoms with Crippen molar-refractivity contribution in [2.24, 2.45) is 0 Å². The number of nitrogens with one attached hydrogen (secondary N) is 1. The molecule has 8 heteroatoms. The Balaban J connectivity index is 2.09. The number of aromatic nitrogens is 1. The number of methoxy groups -OCH3 is 1. The normalized spacial score (nSPS) is 11.7. The van der Waals surface area contributed by atoms with E-state index in [4.69, 9.17) is 4.74 Å². The predicted octanol–water partition coefficient (Wildman–Crippen LogP) is 2.64. The van der Waals surface area contributed by atoms with Gasteiger partial charge in [-0.3, -0.25) is 10.1 Å². The van der Waals surface area contributed by atoms with Crippen molar-refractivity contribution in [3.05, 3.63) is 45.4 Å².